The summed E-state index contributed by atoms with van der Waals surface area (Å²) in [6.45, 7) is 7.78. The number of hydrogen-bond donors (Lipinski definition) is 0. The molecule has 2 amide bonds. The minimum atomic E-state index is -0.0311. The van der Waals surface area contributed by atoms with Crippen LogP contribution in [0, 0.1) is 13.8 Å². The lowest BCUT2D eigenvalue weighted by Crippen LogP contribution is -2.50. The Kier molecular flexibility index (Phi) is 4.97. The first kappa shape index (κ1) is 17.3. The van der Waals surface area contributed by atoms with Crippen LogP contribution < -0.4 is 0 Å². The molecule has 25 heavy (non-hydrogen) atoms. The van der Waals surface area contributed by atoms with Gasteiger partial charge in [0, 0.05) is 32.6 Å². The van der Waals surface area contributed by atoms with Gasteiger partial charge in [0.15, 0.2) is 0 Å². The Morgan fingerprint density at radius 2 is 1.64 bits per heavy atom. The fraction of sp³-hybridized carbons (Fsp3) is 0.474. The Balaban J connectivity index is 1.63. The van der Waals surface area contributed by atoms with E-state index in [0.29, 0.717) is 43.1 Å². The molecule has 1 fully saturated rings. The summed E-state index contributed by atoms with van der Waals surface area (Å²) < 4.78 is 10.9. The van der Waals surface area contributed by atoms with Gasteiger partial charge >= 0.3 is 0 Å². The molecule has 2 aromatic rings. The van der Waals surface area contributed by atoms with E-state index in [1.54, 1.807) is 35.1 Å². The summed E-state index contributed by atoms with van der Waals surface area (Å²) in [4.78, 5) is 28.9. The average molecular weight is 344 g/mol. The maximum Gasteiger partial charge on any atom is 0.257 e. The standard InChI is InChI=1S/C19H24N2O4/c1-4-5-17-15(6-11-24-17)18(22)20-7-9-21(10-8-20)19(23)16-12-13(2)25-14(16)3/h6,11-12H,4-5,7-10H2,1-3H3. The summed E-state index contributed by atoms with van der Waals surface area (Å²) in [6, 6.07) is 3.51. The van der Waals surface area contributed by atoms with Gasteiger partial charge < -0.3 is 18.6 Å². The largest absolute Gasteiger partial charge is 0.469 e. The maximum atomic E-state index is 12.7. The molecule has 6 nitrogen and oxygen atoms in total. The number of piperazine rings is 1. The first-order valence-electron chi connectivity index (χ1n) is 8.73. The highest BCUT2D eigenvalue weighted by Gasteiger charge is 2.28. The highest BCUT2D eigenvalue weighted by Crippen LogP contribution is 2.19. The molecule has 2 aromatic heterocycles. The van der Waals surface area contributed by atoms with Crippen molar-refractivity contribution < 1.29 is 18.4 Å². The van der Waals surface area contributed by atoms with Gasteiger partial charge in [0.05, 0.1) is 17.4 Å². The van der Waals surface area contributed by atoms with E-state index in [0.717, 1.165) is 24.4 Å². The molecule has 1 saturated heterocycles. The Labute approximate surface area is 147 Å². The van der Waals surface area contributed by atoms with Crippen molar-refractivity contribution >= 4 is 11.8 Å². The summed E-state index contributed by atoms with van der Waals surface area (Å²) in [5.41, 5.74) is 1.25. The fourth-order valence-corrected chi connectivity index (χ4v) is 3.25. The van der Waals surface area contributed by atoms with Crippen molar-refractivity contribution in [3.05, 3.63) is 46.8 Å². The smallest absolute Gasteiger partial charge is 0.257 e. The second-order valence-electron chi connectivity index (χ2n) is 6.42. The second kappa shape index (κ2) is 7.17. The van der Waals surface area contributed by atoms with E-state index >= 15 is 0 Å². The quantitative estimate of drug-likeness (QED) is 0.855. The number of furan rings is 2. The highest BCUT2D eigenvalue weighted by molar-refractivity contribution is 5.97. The third-order valence-electron chi connectivity index (χ3n) is 4.58. The van der Waals surface area contributed by atoms with Crippen molar-refractivity contribution in [1.29, 1.82) is 0 Å². The molecule has 1 aliphatic heterocycles. The van der Waals surface area contributed by atoms with E-state index in [1.807, 2.05) is 6.92 Å². The van der Waals surface area contributed by atoms with Crippen molar-refractivity contribution in [3.63, 3.8) is 0 Å². The van der Waals surface area contributed by atoms with Crippen LogP contribution in [-0.2, 0) is 6.42 Å². The van der Waals surface area contributed by atoms with Gasteiger partial charge in [-0.25, -0.2) is 0 Å². The molecule has 0 atom stereocenters. The maximum absolute atomic E-state index is 12.7. The molecule has 3 heterocycles. The number of amides is 2. The lowest BCUT2D eigenvalue weighted by Gasteiger charge is -2.34. The second-order valence-corrected chi connectivity index (χ2v) is 6.42. The van der Waals surface area contributed by atoms with E-state index < -0.39 is 0 Å². The van der Waals surface area contributed by atoms with Crippen molar-refractivity contribution in [2.24, 2.45) is 0 Å². The summed E-state index contributed by atoms with van der Waals surface area (Å²) >= 11 is 0. The van der Waals surface area contributed by atoms with Crippen LogP contribution in [0.5, 0.6) is 0 Å². The Morgan fingerprint density at radius 1 is 1.04 bits per heavy atom. The monoisotopic (exact) mass is 344 g/mol. The lowest BCUT2D eigenvalue weighted by atomic mass is 10.1. The van der Waals surface area contributed by atoms with Crippen LogP contribution in [-0.4, -0.2) is 47.8 Å². The summed E-state index contributed by atoms with van der Waals surface area (Å²) in [5.74, 6) is 2.08. The van der Waals surface area contributed by atoms with Crippen LogP contribution >= 0.6 is 0 Å². The van der Waals surface area contributed by atoms with Gasteiger partial charge in [-0.05, 0) is 32.4 Å². The van der Waals surface area contributed by atoms with Gasteiger partial charge in [-0.1, -0.05) is 6.92 Å². The van der Waals surface area contributed by atoms with E-state index in [-0.39, 0.29) is 11.8 Å². The molecule has 1 aliphatic rings. The first-order chi connectivity index (χ1) is 12.0. The van der Waals surface area contributed by atoms with Gasteiger partial charge in [0.25, 0.3) is 11.8 Å². The predicted octanol–water partition coefficient (Wildman–Crippen LogP) is 3.04. The predicted molar refractivity (Wildman–Crippen MR) is 92.7 cm³/mol. The number of hydrogen-bond acceptors (Lipinski definition) is 4. The van der Waals surface area contributed by atoms with Crippen molar-refractivity contribution in [2.75, 3.05) is 26.2 Å². The molecule has 6 heteroatoms. The molecule has 134 valence electrons. The van der Waals surface area contributed by atoms with Gasteiger partial charge in [0.1, 0.15) is 17.3 Å². The van der Waals surface area contributed by atoms with Crippen molar-refractivity contribution in [3.8, 4) is 0 Å². The molecule has 0 N–H and O–H groups in total. The molecule has 0 aliphatic carbocycles. The van der Waals surface area contributed by atoms with Gasteiger partial charge in [0.2, 0.25) is 0 Å². The topological polar surface area (TPSA) is 66.9 Å². The van der Waals surface area contributed by atoms with Gasteiger partial charge in [-0.15, -0.1) is 0 Å². The Bertz CT molecular complexity index is 766. The minimum absolute atomic E-state index is 0.0142. The number of carbonyl (C=O) groups excluding carboxylic acids is 2. The third kappa shape index (κ3) is 3.48. The molecule has 0 spiro atoms. The SMILES string of the molecule is CCCc1occc1C(=O)N1CCN(C(=O)c2cc(C)oc2C)CC1. The number of aryl methyl sites for hydroxylation is 3. The zero-order valence-electron chi connectivity index (χ0n) is 15.0. The summed E-state index contributed by atoms with van der Waals surface area (Å²) in [7, 11) is 0. The highest BCUT2D eigenvalue weighted by atomic mass is 16.3. The van der Waals surface area contributed by atoms with Crippen LogP contribution in [0.3, 0.4) is 0 Å². The summed E-state index contributed by atoms with van der Waals surface area (Å²) in [6.07, 6.45) is 3.26. The Hall–Kier alpha value is -2.50. The molecule has 0 aromatic carbocycles. The van der Waals surface area contributed by atoms with E-state index in [9.17, 15) is 9.59 Å². The molecule has 0 saturated carbocycles. The molecule has 0 unspecified atom stereocenters. The first-order valence-corrected chi connectivity index (χ1v) is 8.73. The van der Waals surface area contributed by atoms with E-state index in [4.69, 9.17) is 8.83 Å². The van der Waals surface area contributed by atoms with Crippen LogP contribution in [0.4, 0.5) is 0 Å². The van der Waals surface area contributed by atoms with E-state index in [1.165, 1.54) is 0 Å². The van der Waals surface area contributed by atoms with Crippen molar-refractivity contribution in [1.82, 2.24) is 9.80 Å². The number of carbonyl (C=O) groups is 2. The fourth-order valence-electron chi connectivity index (χ4n) is 3.25. The molecule has 0 bridgehead atoms. The lowest BCUT2D eigenvalue weighted by molar-refractivity contribution is 0.0533. The molecular formula is C19H24N2O4. The van der Waals surface area contributed by atoms with Crippen LogP contribution in [0.15, 0.2) is 27.2 Å². The van der Waals surface area contributed by atoms with E-state index in [2.05, 4.69) is 6.92 Å². The molecular weight excluding hydrogens is 320 g/mol. The van der Waals surface area contributed by atoms with Gasteiger partial charge in [-0.3, -0.25) is 9.59 Å². The average Bonchev–Trinajstić information content (AvgIpc) is 3.20. The molecule has 0 radical (unpaired) electrons. The number of nitrogens with zero attached hydrogens (tertiary/aromatic N) is 2. The van der Waals surface area contributed by atoms with Crippen LogP contribution in [0.2, 0.25) is 0 Å². The number of rotatable bonds is 4. The Morgan fingerprint density at radius 3 is 2.16 bits per heavy atom. The van der Waals surface area contributed by atoms with Crippen molar-refractivity contribution in [2.45, 2.75) is 33.6 Å². The minimum Gasteiger partial charge on any atom is -0.469 e. The van der Waals surface area contributed by atoms with Gasteiger partial charge in [-0.2, -0.15) is 0 Å². The molecule has 3 rings (SSSR count). The van der Waals surface area contributed by atoms with Crippen LogP contribution in [0.25, 0.3) is 0 Å². The summed E-state index contributed by atoms with van der Waals surface area (Å²) in [5, 5.41) is 0. The third-order valence-corrected chi connectivity index (χ3v) is 4.58. The van der Waals surface area contributed by atoms with Crippen LogP contribution in [0.1, 0.15) is 51.3 Å². The zero-order chi connectivity index (χ0) is 18.0. The zero-order valence-corrected chi connectivity index (χ0v) is 15.0. The normalized spacial score (nSPS) is 14.8.